The molecule has 1 saturated heterocycles. The molecule has 0 saturated carbocycles. The SMILES string of the molecule is O=C1C[C@@H](C(=O)Nc2cc(-c3cccc(COCC(F)(F)F)c3)n(-c3ccccc3)n2)CN1. The number of aromatic nitrogens is 2. The Kier molecular flexibility index (Phi) is 6.45. The molecule has 3 aromatic rings. The van der Waals surface area contributed by atoms with Crippen LogP contribution in [0.4, 0.5) is 19.0 Å². The molecule has 2 N–H and O–H groups in total. The number of alkyl halides is 3. The van der Waals surface area contributed by atoms with Gasteiger partial charge in [0.2, 0.25) is 11.8 Å². The van der Waals surface area contributed by atoms with Crippen LogP contribution in [0.5, 0.6) is 0 Å². The Morgan fingerprint density at radius 3 is 2.64 bits per heavy atom. The van der Waals surface area contributed by atoms with E-state index in [4.69, 9.17) is 4.74 Å². The van der Waals surface area contributed by atoms with Crippen LogP contribution in [0, 0.1) is 5.92 Å². The Balaban J connectivity index is 1.61. The van der Waals surface area contributed by atoms with Crippen molar-refractivity contribution in [2.75, 3.05) is 18.5 Å². The van der Waals surface area contributed by atoms with Crippen LogP contribution in [0.25, 0.3) is 16.9 Å². The van der Waals surface area contributed by atoms with Gasteiger partial charge in [-0.1, -0.05) is 36.4 Å². The lowest BCUT2D eigenvalue weighted by Gasteiger charge is -2.10. The predicted molar refractivity (Wildman–Crippen MR) is 114 cm³/mol. The van der Waals surface area contributed by atoms with Gasteiger partial charge >= 0.3 is 6.18 Å². The Bertz CT molecular complexity index is 1150. The van der Waals surface area contributed by atoms with Gasteiger partial charge in [0.15, 0.2) is 5.82 Å². The van der Waals surface area contributed by atoms with Crippen LogP contribution in [-0.4, -0.2) is 40.9 Å². The van der Waals surface area contributed by atoms with E-state index in [1.807, 2.05) is 30.3 Å². The summed E-state index contributed by atoms with van der Waals surface area (Å²) in [6, 6.07) is 17.8. The normalized spacial score (nSPS) is 16.0. The second-order valence-corrected chi connectivity index (χ2v) is 7.66. The average molecular weight is 458 g/mol. The van der Waals surface area contributed by atoms with E-state index in [1.54, 1.807) is 35.0 Å². The molecule has 1 fully saturated rings. The summed E-state index contributed by atoms with van der Waals surface area (Å²) in [6.45, 7) is -1.25. The fourth-order valence-corrected chi connectivity index (χ4v) is 3.54. The fraction of sp³-hybridized carbons (Fsp3) is 0.261. The minimum absolute atomic E-state index is 0.123. The summed E-state index contributed by atoms with van der Waals surface area (Å²) in [6.07, 6.45) is -4.27. The van der Waals surface area contributed by atoms with Gasteiger partial charge in [-0.15, -0.1) is 5.10 Å². The van der Waals surface area contributed by atoms with Gasteiger partial charge in [-0.3, -0.25) is 9.59 Å². The number of nitrogens with zero attached hydrogens (tertiary/aromatic N) is 2. The first-order chi connectivity index (χ1) is 15.8. The molecule has 172 valence electrons. The maximum Gasteiger partial charge on any atom is 0.411 e. The van der Waals surface area contributed by atoms with E-state index in [1.165, 1.54) is 0 Å². The van der Waals surface area contributed by atoms with E-state index in [0.29, 0.717) is 22.6 Å². The largest absolute Gasteiger partial charge is 0.411 e. The minimum Gasteiger partial charge on any atom is -0.367 e. The lowest BCUT2D eigenvalue weighted by Crippen LogP contribution is -2.24. The standard InChI is InChI=1S/C23H21F3N4O3/c24-23(25,26)14-33-13-15-5-4-6-16(9-15)19-11-20(28-22(32)17-10-21(31)27-12-17)29-30(19)18-7-2-1-3-8-18/h1-9,11,17H,10,12-14H2,(H,27,31)(H,28,29,32)/t17-/m1/s1. The summed E-state index contributed by atoms with van der Waals surface area (Å²) in [5.41, 5.74) is 2.63. The first-order valence-electron chi connectivity index (χ1n) is 10.3. The number of anilines is 1. The topological polar surface area (TPSA) is 85.2 Å². The van der Waals surface area contributed by atoms with E-state index < -0.39 is 18.7 Å². The summed E-state index contributed by atoms with van der Waals surface area (Å²) in [5, 5.41) is 9.90. The van der Waals surface area contributed by atoms with E-state index >= 15 is 0 Å². The monoisotopic (exact) mass is 458 g/mol. The lowest BCUT2D eigenvalue weighted by atomic mass is 10.1. The van der Waals surface area contributed by atoms with Crippen LogP contribution < -0.4 is 10.6 Å². The smallest absolute Gasteiger partial charge is 0.367 e. The second kappa shape index (κ2) is 9.45. The van der Waals surface area contributed by atoms with Crippen molar-refractivity contribution in [3.8, 4) is 16.9 Å². The molecule has 33 heavy (non-hydrogen) atoms. The molecule has 0 aliphatic carbocycles. The van der Waals surface area contributed by atoms with Gasteiger partial charge in [0.1, 0.15) is 6.61 Å². The summed E-state index contributed by atoms with van der Waals surface area (Å²) in [4.78, 5) is 24.0. The van der Waals surface area contributed by atoms with E-state index in [9.17, 15) is 22.8 Å². The number of amides is 2. The number of hydrogen-bond donors (Lipinski definition) is 2. The zero-order valence-electron chi connectivity index (χ0n) is 17.4. The summed E-state index contributed by atoms with van der Waals surface area (Å²) >= 11 is 0. The number of nitrogens with one attached hydrogen (secondary N) is 2. The Labute approximate surface area is 187 Å². The number of hydrogen-bond acceptors (Lipinski definition) is 4. The first-order valence-corrected chi connectivity index (χ1v) is 10.3. The molecule has 4 rings (SSSR count). The highest BCUT2D eigenvalue weighted by Gasteiger charge is 2.29. The van der Waals surface area contributed by atoms with Crippen LogP contribution in [-0.2, 0) is 20.9 Å². The van der Waals surface area contributed by atoms with Crippen molar-refractivity contribution < 1.29 is 27.5 Å². The molecule has 0 spiro atoms. The molecular weight excluding hydrogens is 437 g/mol. The zero-order chi connectivity index (χ0) is 23.4. The summed E-state index contributed by atoms with van der Waals surface area (Å²) in [5.74, 6) is -0.656. The molecule has 0 radical (unpaired) electrons. The Morgan fingerprint density at radius 2 is 1.94 bits per heavy atom. The van der Waals surface area contributed by atoms with Gasteiger partial charge in [-0.25, -0.2) is 4.68 Å². The van der Waals surface area contributed by atoms with Crippen LogP contribution in [0.3, 0.4) is 0 Å². The van der Waals surface area contributed by atoms with E-state index in [0.717, 1.165) is 5.69 Å². The number of halogens is 3. The molecule has 1 aliphatic heterocycles. The maximum atomic E-state index is 12.5. The van der Waals surface area contributed by atoms with Gasteiger partial charge in [-0.05, 0) is 23.8 Å². The second-order valence-electron chi connectivity index (χ2n) is 7.66. The van der Waals surface area contributed by atoms with Gasteiger partial charge in [-0.2, -0.15) is 13.2 Å². The number of para-hydroxylation sites is 1. The quantitative estimate of drug-likeness (QED) is 0.566. The summed E-state index contributed by atoms with van der Waals surface area (Å²) < 4.78 is 43.6. The molecule has 0 unspecified atom stereocenters. The van der Waals surface area contributed by atoms with Crippen molar-refractivity contribution in [2.45, 2.75) is 19.2 Å². The third kappa shape index (κ3) is 5.78. The minimum atomic E-state index is -4.39. The number of rotatable bonds is 7. The fourth-order valence-electron chi connectivity index (χ4n) is 3.54. The average Bonchev–Trinajstić information content (AvgIpc) is 3.40. The van der Waals surface area contributed by atoms with Gasteiger partial charge < -0.3 is 15.4 Å². The molecule has 2 heterocycles. The van der Waals surface area contributed by atoms with E-state index in [2.05, 4.69) is 15.7 Å². The van der Waals surface area contributed by atoms with Gasteiger partial charge in [0, 0.05) is 24.6 Å². The number of ether oxygens (including phenoxy) is 1. The molecule has 1 aromatic heterocycles. The Morgan fingerprint density at radius 1 is 1.15 bits per heavy atom. The number of carbonyl (C=O) groups is 2. The molecule has 1 atom stereocenters. The highest BCUT2D eigenvalue weighted by atomic mass is 19.4. The van der Waals surface area contributed by atoms with Crippen molar-refractivity contribution in [1.82, 2.24) is 15.1 Å². The van der Waals surface area contributed by atoms with Crippen molar-refractivity contribution in [3.63, 3.8) is 0 Å². The highest BCUT2D eigenvalue weighted by Crippen LogP contribution is 2.28. The highest BCUT2D eigenvalue weighted by molar-refractivity contribution is 5.97. The number of carbonyl (C=O) groups excluding carboxylic acids is 2. The molecule has 1 aliphatic rings. The Hall–Kier alpha value is -3.66. The molecule has 2 aromatic carbocycles. The molecule has 7 nitrogen and oxygen atoms in total. The molecule has 0 bridgehead atoms. The van der Waals surface area contributed by atoms with Crippen molar-refractivity contribution >= 4 is 17.6 Å². The van der Waals surface area contributed by atoms with Crippen LogP contribution >= 0.6 is 0 Å². The van der Waals surface area contributed by atoms with Gasteiger partial charge in [0.25, 0.3) is 0 Å². The van der Waals surface area contributed by atoms with Crippen LogP contribution in [0.2, 0.25) is 0 Å². The van der Waals surface area contributed by atoms with Crippen molar-refractivity contribution in [1.29, 1.82) is 0 Å². The molecule has 10 heteroatoms. The van der Waals surface area contributed by atoms with E-state index in [-0.39, 0.29) is 31.4 Å². The number of benzene rings is 2. The maximum absolute atomic E-state index is 12.5. The third-order valence-corrected chi connectivity index (χ3v) is 5.07. The van der Waals surface area contributed by atoms with Crippen LogP contribution in [0.1, 0.15) is 12.0 Å². The molecular formula is C23H21F3N4O3. The molecule has 2 amide bonds. The zero-order valence-corrected chi connectivity index (χ0v) is 17.4. The summed E-state index contributed by atoms with van der Waals surface area (Å²) in [7, 11) is 0. The third-order valence-electron chi connectivity index (χ3n) is 5.07. The van der Waals surface area contributed by atoms with Crippen molar-refractivity contribution in [3.05, 3.63) is 66.2 Å². The lowest BCUT2D eigenvalue weighted by molar-refractivity contribution is -0.176. The predicted octanol–water partition coefficient (Wildman–Crippen LogP) is 3.69. The van der Waals surface area contributed by atoms with Gasteiger partial charge in [0.05, 0.1) is 23.9 Å². The first kappa shape index (κ1) is 22.5. The van der Waals surface area contributed by atoms with Crippen molar-refractivity contribution in [2.24, 2.45) is 5.92 Å². The van der Waals surface area contributed by atoms with Crippen LogP contribution in [0.15, 0.2) is 60.7 Å².